The van der Waals surface area contributed by atoms with Gasteiger partial charge >= 0.3 is 0 Å². The van der Waals surface area contributed by atoms with E-state index in [1.807, 2.05) is 42.2 Å². The van der Waals surface area contributed by atoms with Crippen molar-refractivity contribution in [1.82, 2.24) is 9.78 Å². The van der Waals surface area contributed by atoms with Crippen molar-refractivity contribution in [2.45, 2.75) is 19.9 Å². The van der Waals surface area contributed by atoms with Gasteiger partial charge in [0.1, 0.15) is 12.4 Å². The number of hydrogen-bond acceptors (Lipinski definition) is 3. The van der Waals surface area contributed by atoms with Crippen LogP contribution >= 0.6 is 0 Å². The third-order valence-electron chi connectivity index (χ3n) is 2.99. The summed E-state index contributed by atoms with van der Waals surface area (Å²) in [7, 11) is 1.92. The van der Waals surface area contributed by atoms with Gasteiger partial charge in [-0.1, -0.05) is 31.0 Å². The van der Waals surface area contributed by atoms with Crippen molar-refractivity contribution in [3.8, 4) is 18.1 Å². The molecule has 0 saturated carbocycles. The molecular weight excluding hydrogens is 250 g/mol. The van der Waals surface area contributed by atoms with Crippen LogP contribution in [0.2, 0.25) is 0 Å². The second-order valence-corrected chi connectivity index (χ2v) is 4.47. The lowest BCUT2D eigenvalue weighted by Gasteiger charge is -2.11. The van der Waals surface area contributed by atoms with Gasteiger partial charge < -0.3 is 10.1 Å². The van der Waals surface area contributed by atoms with E-state index in [4.69, 9.17) is 11.2 Å². The summed E-state index contributed by atoms with van der Waals surface area (Å²) >= 11 is 0. The largest absolute Gasteiger partial charge is 0.481 e. The lowest BCUT2D eigenvalue weighted by Crippen LogP contribution is -2.04. The average Bonchev–Trinajstić information content (AvgIpc) is 2.84. The molecule has 0 fully saturated rings. The fourth-order valence-electron chi connectivity index (χ4n) is 2.04. The number of para-hydroxylation sites is 1. The Morgan fingerprint density at radius 3 is 2.95 bits per heavy atom. The van der Waals surface area contributed by atoms with Crippen LogP contribution in [-0.4, -0.2) is 16.4 Å². The van der Waals surface area contributed by atoms with Crippen LogP contribution in [0.25, 0.3) is 0 Å². The number of nitrogens with one attached hydrogen (secondary N) is 1. The topological polar surface area (TPSA) is 39.1 Å². The molecule has 1 N–H and O–H groups in total. The Hall–Kier alpha value is -2.41. The van der Waals surface area contributed by atoms with E-state index in [0.29, 0.717) is 6.54 Å². The quantitative estimate of drug-likeness (QED) is 0.819. The van der Waals surface area contributed by atoms with E-state index in [0.717, 1.165) is 29.1 Å². The second kappa shape index (κ2) is 6.67. The SMILES string of the molecule is C#CCOc1ccccc1CNc1cn(C)nc1CC. The Bertz CT molecular complexity index is 610. The molecule has 1 heterocycles. The normalized spacial score (nSPS) is 10.1. The average molecular weight is 269 g/mol. The van der Waals surface area contributed by atoms with Gasteiger partial charge in [0.05, 0.1) is 11.4 Å². The highest BCUT2D eigenvalue weighted by molar-refractivity contribution is 5.48. The summed E-state index contributed by atoms with van der Waals surface area (Å²) < 4.78 is 7.36. The number of ether oxygens (including phenoxy) is 1. The molecule has 2 aromatic rings. The van der Waals surface area contributed by atoms with Crippen LogP contribution in [-0.2, 0) is 20.0 Å². The maximum absolute atomic E-state index is 5.54. The van der Waals surface area contributed by atoms with Crippen LogP contribution in [0.4, 0.5) is 5.69 Å². The number of anilines is 1. The van der Waals surface area contributed by atoms with Gasteiger partial charge in [-0.15, -0.1) is 6.42 Å². The molecule has 0 unspecified atom stereocenters. The second-order valence-electron chi connectivity index (χ2n) is 4.47. The van der Waals surface area contributed by atoms with E-state index in [9.17, 15) is 0 Å². The summed E-state index contributed by atoms with van der Waals surface area (Å²) in [5, 5.41) is 7.81. The molecule has 20 heavy (non-hydrogen) atoms. The summed E-state index contributed by atoms with van der Waals surface area (Å²) in [6, 6.07) is 7.89. The van der Waals surface area contributed by atoms with Gasteiger partial charge in [-0.05, 0) is 12.5 Å². The van der Waals surface area contributed by atoms with Crippen molar-refractivity contribution in [3.05, 3.63) is 41.7 Å². The molecular formula is C16H19N3O. The molecule has 1 aromatic carbocycles. The molecule has 0 radical (unpaired) electrons. The van der Waals surface area contributed by atoms with Gasteiger partial charge in [0.2, 0.25) is 0 Å². The monoisotopic (exact) mass is 269 g/mol. The zero-order valence-electron chi connectivity index (χ0n) is 11.9. The molecule has 0 aliphatic heterocycles. The first-order chi connectivity index (χ1) is 9.74. The molecule has 1 aromatic heterocycles. The third kappa shape index (κ3) is 3.33. The van der Waals surface area contributed by atoms with Crippen molar-refractivity contribution in [3.63, 3.8) is 0 Å². The Balaban J connectivity index is 2.08. The van der Waals surface area contributed by atoms with Crippen molar-refractivity contribution in [2.75, 3.05) is 11.9 Å². The van der Waals surface area contributed by atoms with Crippen LogP contribution in [0.5, 0.6) is 5.75 Å². The van der Waals surface area contributed by atoms with Crippen molar-refractivity contribution in [1.29, 1.82) is 0 Å². The molecule has 0 spiro atoms. The molecule has 0 bridgehead atoms. The molecule has 0 atom stereocenters. The lowest BCUT2D eigenvalue weighted by molar-refractivity contribution is 0.366. The van der Waals surface area contributed by atoms with E-state index >= 15 is 0 Å². The number of nitrogens with zero attached hydrogens (tertiary/aromatic N) is 2. The number of terminal acetylenes is 1. The molecule has 104 valence electrons. The van der Waals surface area contributed by atoms with E-state index < -0.39 is 0 Å². The molecule has 4 heteroatoms. The summed E-state index contributed by atoms with van der Waals surface area (Å²) in [5.41, 5.74) is 3.20. The molecule has 0 aliphatic rings. The smallest absolute Gasteiger partial charge is 0.148 e. The fourth-order valence-corrected chi connectivity index (χ4v) is 2.04. The van der Waals surface area contributed by atoms with Gasteiger partial charge in [-0.3, -0.25) is 4.68 Å². The zero-order chi connectivity index (χ0) is 14.4. The first-order valence-electron chi connectivity index (χ1n) is 6.65. The van der Waals surface area contributed by atoms with Crippen molar-refractivity contribution in [2.24, 2.45) is 7.05 Å². The van der Waals surface area contributed by atoms with Crippen molar-refractivity contribution < 1.29 is 4.74 Å². The number of hydrogen-bond donors (Lipinski definition) is 1. The summed E-state index contributed by atoms with van der Waals surface area (Å²) in [4.78, 5) is 0. The highest BCUT2D eigenvalue weighted by Crippen LogP contribution is 2.21. The Labute approximate surface area is 119 Å². The standard InChI is InChI=1S/C16H19N3O/c1-4-10-20-16-9-7-6-8-13(16)11-17-15-12-19(3)18-14(15)5-2/h1,6-9,12,17H,5,10-11H2,2-3H3. The van der Waals surface area contributed by atoms with Crippen LogP contribution in [0.15, 0.2) is 30.5 Å². The van der Waals surface area contributed by atoms with Crippen LogP contribution < -0.4 is 10.1 Å². The van der Waals surface area contributed by atoms with E-state index in [-0.39, 0.29) is 6.61 Å². The van der Waals surface area contributed by atoms with Crippen LogP contribution in [0, 0.1) is 12.3 Å². The molecule has 0 aliphatic carbocycles. The maximum Gasteiger partial charge on any atom is 0.148 e. The van der Waals surface area contributed by atoms with Gasteiger partial charge in [0.25, 0.3) is 0 Å². The minimum Gasteiger partial charge on any atom is -0.481 e. The number of rotatable bonds is 6. The number of aryl methyl sites for hydroxylation is 2. The molecule has 0 saturated heterocycles. The van der Waals surface area contributed by atoms with E-state index in [1.54, 1.807) is 0 Å². The maximum atomic E-state index is 5.54. The highest BCUT2D eigenvalue weighted by atomic mass is 16.5. The van der Waals surface area contributed by atoms with Gasteiger partial charge in [0.15, 0.2) is 0 Å². The van der Waals surface area contributed by atoms with Gasteiger partial charge in [-0.25, -0.2) is 0 Å². The number of aromatic nitrogens is 2. The Morgan fingerprint density at radius 1 is 1.40 bits per heavy atom. The molecule has 4 nitrogen and oxygen atoms in total. The Kier molecular flexibility index (Phi) is 4.67. The molecule has 2 rings (SSSR count). The summed E-state index contributed by atoms with van der Waals surface area (Å²) in [5.74, 6) is 3.30. The van der Waals surface area contributed by atoms with E-state index in [2.05, 4.69) is 23.3 Å². The Morgan fingerprint density at radius 2 is 2.20 bits per heavy atom. The predicted octanol–water partition coefficient (Wildman–Crippen LogP) is 2.61. The minimum atomic E-state index is 0.282. The van der Waals surface area contributed by atoms with Gasteiger partial charge in [-0.2, -0.15) is 5.10 Å². The highest BCUT2D eigenvalue weighted by Gasteiger charge is 2.07. The third-order valence-corrected chi connectivity index (χ3v) is 2.99. The lowest BCUT2D eigenvalue weighted by atomic mass is 10.2. The van der Waals surface area contributed by atoms with Crippen LogP contribution in [0.3, 0.4) is 0 Å². The van der Waals surface area contributed by atoms with Crippen molar-refractivity contribution >= 4 is 5.69 Å². The summed E-state index contributed by atoms with van der Waals surface area (Å²) in [6.45, 7) is 3.06. The fraction of sp³-hybridized carbons (Fsp3) is 0.312. The van der Waals surface area contributed by atoms with E-state index in [1.165, 1.54) is 0 Å². The predicted molar refractivity (Wildman–Crippen MR) is 80.7 cm³/mol. The summed E-state index contributed by atoms with van der Waals surface area (Å²) in [6.07, 6.45) is 8.12. The number of benzene rings is 1. The van der Waals surface area contributed by atoms with Gasteiger partial charge in [0, 0.05) is 25.4 Å². The zero-order valence-corrected chi connectivity index (χ0v) is 11.9. The molecule has 0 amide bonds. The minimum absolute atomic E-state index is 0.282. The first-order valence-corrected chi connectivity index (χ1v) is 6.65. The first kappa shape index (κ1) is 14.0. The van der Waals surface area contributed by atoms with Crippen LogP contribution in [0.1, 0.15) is 18.2 Å².